The molecule has 1 rings (SSSR count). The molecule has 14 heteroatoms. The van der Waals surface area contributed by atoms with E-state index >= 15 is 0 Å². The Morgan fingerprint density at radius 2 is 0.911 bits per heavy atom. The first-order valence-corrected chi connectivity index (χ1v) is 23.1. The molecule has 0 aromatic heterocycles. The fraction of sp³-hybridized carbons (Fsp3) is 0.857. The predicted octanol–water partition coefficient (Wildman–Crippen LogP) is 7.67. The standard InChI is InChI=1S/C42H77O13P/c1-3-5-7-9-11-13-15-17-18-19-21-23-25-27-29-31-36(44)54-34(32-52-35(43)30-28-26-24-22-20-16-14-12-10-8-6-4-2)33-53-56(50,51)55-42-40(48)38(46)37(45)39(47)41(42)49/h12,14,19,21,34,37-42,45-49H,3-11,13,15-18,20,22-33H2,1-2H3,(H,50,51)/b14-12+,21-19+/t34-,37?,38+,39?,40?,41?,42?/m1/s1. The van der Waals surface area contributed by atoms with Crippen molar-refractivity contribution in [3.05, 3.63) is 24.3 Å². The summed E-state index contributed by atoms with van der Waals surface area (Å²) in [5.41, 5.74) is 0. The summed E-state index contributed by atoms with van der Waals surface area (Å²) in [5, 5.41) is 50.0. The largest absolute Gasteiger partial charge is 0.472 e. The SMILES string of the molecule is CCCCC/C=C/CCCCCCCC(=O)OC[C@H](COP(=O)(O)OC1C(O)C(O)C(O)[C@H](O)C1O)OC(=O)CCCCC/C=C/CCCCCCCCCC. The molecule has 1 fully saturated rings. The van der Waals surface area contributed by atoms with Gasteiger partial charge in [-0.25, -0.2) is 4.57 Å². The summed E-state index contributed by atoms with van der Waals surface area (Å²) in [7, 11) is -5.12. The Kier molecular flexibility index (Phi) is 31.0. The summed E-state index contributed by atoms with van der Waals surface area (Å²) >= 11 is 0. The van der Waals surface area contributed by atoms with E-state index in [4.69, 9.17) is 18.5 Å². The third-order valence-electron chi connectivity index (χ3n) is 10.0. The van der Waals surface area contributed by atoms with Crippen LogP contribution in [0.25, 0.3) is 0 Å². The number of aliphatic hydroxyl groups excluding tert-OH is 5. The highest BCUT2D eigenvalue weighted by atomic mass is 31.2. The van der Waals surface area contributed by atoms with Crippen molar-refractivity contribution in [1.82, 2.24) is 0 Å². The van der Waals surface area contributed by atoms with Crippen LogP contribution < -0.4 is 0 Å². The monoisotopic (exact) mass is 821 g/mol. The van der Waals surface area contributed by atoms with E-state index in [2.05, 4.69) is 38.2 Å². The molecule has 8 atom stereocenters. The fourth-order valence-corrected chi connectivity index (χ4v) is 7.42. The minimum absolute atomic E-state index is 0.0763. The van der Waals surface area contributed by atoms with Crippen molar-refractivity contribution in [2.24, 2.45) is 0 Å². The van der Waals surface area contributed by atoms with Crippen molar-refractivity contribution in [2.45, 2.75) is 217 Å². The summed E-state index contributed by atoms with van der Waals surface area (Å²) in [4.78, 5) is 35.6. The van der Waals surface area contributed by atoms with Gasteiger partial charge >= 0.3 is 19.8 Å². The predicted molar refractivity (Wildman–Crippen MR) is 217 cm³/mol. The highest BCUT2D eigenvalue weighted by molar-refractivity contribution is 7.47. The number of aliphatic hydroxyl groups is 5. The zero-order valence-corrected chi connectivity index (χ0v) is 35.3. The van der Waals surface area contributed by atoms with Gasteiger partial charge in [-0.2, -0.15) is 0 Å². The van der Waals surface area contributed by atoms with E-state index in [1.807, 2.05) is 0 Å². The van der Waals surface area contributed by atoms with E-state index < -0.39 is 75.7 Å². The molecule has 0 heterocycles. The van der Waals surface area contributed by atoms with Crippen molar-refractivity contribution < 1.29 is 63.1 Å². The first-order chi connectivity index (χ1) is 26.9. The second-order valence-corrected chi connectivity index (χ2v) is 16.6. The Labute approximate surface area is 336 Å². The molecule has 0 saturated heterocycles. The average molecular weight is 821 g/mol. The van der Waals surface area contributed by atoms with Crippen LogP contribution in [-0.2, 0) is 32.7 Å². The lowest BCUT2D eigenvalue weighted by Crippen LogP contribution is -2.64. The van der Waals surface area contributed by atoms with Crippen LogP contribution in [0.15, 0.2) is 24.3 Å². The number of hydrogen-bond acceptors (Lipinski definition) is 12. The quantitative estimate of drug-likeness (QED) is 0.0157. The molecule has 1 aliphatic rings. The minimum Gasteiger partial charge on any atom is -0.462 e. The molecule has 0 amide bonds. The Balaban J connectivity index is 2.51. The van der Waals surface area contributed by atoms with Gasteiger partial charge in [0.25, 0.3) is 0 Å². The van der Waals surface area contributed by atoms with Crippen LogP contribution in [0.1, 0.15) is 174 Å². The third-order valence-corrected chi connectivity index (χ3v) is 11.0. The first kappa shape index (κ1) is 52.3. The first-order valence-electron chi connectivity index (χ1n) is 21.6. The molecule has 0 aromatic rings. The van der Waals surface area contributed by atoms with Gasteiger partial charge in [-0.05, 0) is 64.2 Å². The fourth-order valence-electron chi connectivity index (χ4n) is 6.45. The molecule has 0 radical (unpaired) electrons. The number of carbonyl (C=O) groups excluding carboxylic acids is 2. The maximum absolute atomic E-state index is 12.8. The van der Waals surface area contributed by atoms with Crippen molar-refractivity contribution in [2.75, 3.05) is 13.2 Å². The molecule has 6 unspecified atom stereocenters. The van der Waals surface area contributed by atoms with Gasteiger partial charge in [0.15, 0.2) is 6.10 Å². The van der Waals surface area contributed by atoms with Crippen LogP contribution in [0.5, 0.6) is 0 Å². The number of carbonyl (C=O) groups is 2. The zero-order chi connectivity index (χ0) is 41.4. The topological polar surface area (TPSA) is 210 Å². The highest BCUT2D eigenvalue weighted by Gasteiger charge is 2.51. The van der Waals surface area contributed by atoms with Gasteiger partial charge < -0.3 is 39.9 Å². The molecule has 0 aliphatic heterocycles. The van der Waals surface area contributed by atoms with E-state index in [1.165, 1.54) is 70.6 Å². The van der Waals surface area contributed by atoms with Crippen molar-refractivity contribution >= 4 is 19.8 Å². The lowest BCUT2D eigenvalue weighted by Gasteiger charge is -2.41. The summed E-state index contributed by atoms with van der Waals surface area (Å²) < 4.78 is 33.4. The molecule has 0 spiro atoms. The number of ether oxygens (including phenoxy) is 2. The summed E-state index contributed by atoms with van der Waals surface area (Å²) in [5.74, 6) is -1.13. The summed E-state index contributed by atoms with van der Waals surface area (Å²) in [6, 6.07) is 0. The number of phosphoric ester groups is 1. The maximum atomic E-state index is 12.8. The van der Waals surface area contributed by atoms with Gasteiger partial charge in [-0.15, -0.1) is 0 Å². The Morgan fingerprint density at radius 3 is 1.41 bits per heavy atom. The van der Waals surface area contributed by atoms with Crippen LogP contribution in [0.4, 0.5) is 0 Å². The van der Waals surface area contributed by atoms with Crippen LogP contribution in [0.2, 0.25) is 0 Å². The molecular formula is C42H77O13P. The number of hydrogen-bond donors (Lipinski definition) is 6. The van der Waals surface area contributed by atoms with Crippen molar-refractivity contribution in [3.63, 3.8) is 0 Å². The molecular weight excluding hydrogens is 743 g/mol. The van der Waals surface area contributed by atoms with Crippen LogP contribution in [0, 0.1) is 0 Å². The molecule has 328 valence electrons. The number of phosphoric acid groups is 1. The van der Waals surface area contributed by atoms with E-state index in [0.717, 1.165) is 64.2 Å². The smallest absolute Gasteiger partial charge is 0.462 e. The van der Waals surface area contributed by atoms with E-state index in [1.54, 1.807) is 0 Å². The van der Waals surface area contributed by atoms with E-state index in [0.29, 0.717) is 12.8 Å². The molecule has 6 N–H and O–H groups in total. The van der Waals surface area contributed by atoms with Crippen molar-refractivity contribution in [3.8, 4) is 0 Å². The Morgan fingerprint density at radius 1 is 0.536 bits per heavy atom. The van der Waals surface area contributed by atoms with Crippen LogP contribution in [-0.4, -0.2) is 98.3 Å². The lowest BCUT2D eigenvalue weighted by molar-refractivity contribution is -0.220. The minimum atomic E-state index is -5.12. The van der Waals surface area contributed by atoms with Gasteiger partial charge in [-0.1, -0.05) is 122 Å². The molecule has 13 nitrogen and oxygen atoms in total. The van der Waals surface area contributed by atoms with Gasteiger partial charge in [0.05, 0.1) is 6.61 Å². The van der Waals surface area contributed by atoms with Gasteiger partial charge in [-0.3, -0.25) is 18.6 Å². The molecule has 56 heavy (non-hydrogen) atoms. The second-order valence-electron chi connectivity index (χ2n) is 15.2. The highest BCUT2D eigenvalue weighted by Crippen LogP contribution is 2.47. The average Bonchev–Trinajstić information content (AvgIpc) is 3.18. The second kappa shape index (κ2) is 33.2. The van der Waals surface area contributed by atoms with Crippen LogP contribution >= 0.6 is 7.82 Å². The Hall–Kier alpha value is -1.67. The third kappa shape index (κ3) is 25.6. The molecule has 1 aliphatic carbocycles. The number of allylic oxidation sites excluding steroid dienone is 4. The van der Waals surface area contributed by atoms with Gasteiger partial charge in [0.1, 0.15) is 43.2 Å². The summed E-state index contributed by atoms with van der Waals surface area (Å²) in [6.07, 6.45) is 21.0. The lowest BCUT2D eigenvalue weighted by atomic mass is 9.85. The van der Waals surface area contributed by atoms with E-state index in [-0.39, 0.29) is 12.8 Å². The zero-order valence-electron chi connectivity index (χ0n) is 34.4. The number of unbranched alkanes of at least 4 members (excludes halogenated alkanes) is 19. The van der Waals surface area contributed by atoms with Gasteiger partial charge in [0, 0.05) is 12.8 Å². The summed E-state index contributed by atoms with van der Waals surface area (Å²) in [6.45, 7) is 3.24. The maximum Gasteiger partial charge on any atom is 0.472 e. The van der Waals surface area contributed by atoms with Crippen LogP contribution in [0.3, 0.4) is 0 Å². The van der Waals surface area contributed by atoms with Crippen molar-refractivity contribution in [1.29, 1.82) is 0 Å². The molecule has 1 saturated carbocycles. The van der Waals surface area contributed by atoms with E-state index in [9.17, 15) is 44.6 Å². The Bertz CT molecular complexity index is 1090. The van der Waals surface area contributed by atoms with Gasteiger partial charge in [0.2, 0.25) is 0 Å². The number of esters is 2. The molecule has 0 bridgehead atoms. The molecule has 0 aromatic carbocycles. The normalized spacial score (nSPS) is 23.1. The number of rotatable bonds is 35.